The summed E-state index contributed by atoms with van der Waals surface area (Å²) in [6.45, 7) is 0. The van der Waals surface area contributed by atoms with Gasteiger partial charge < -0.3 is 4.74 Å². The molecule has 1 unspecified atom stereocenters. The molecular weight excluding hydrogens is 520 g/mol. The molecule has 0 amide bonds. The molecule has 2 aliphatic rings. The first-order valence-corrected chi connectivity index (χ1v) is 12.9. The molecule has 2 heterocycles. The fourth-order valence-corrected chi connectivity index (χ4v) is 6.22. The summed E-state index contributed by atoms with van der Waals surface area (Å²) in [4.78, 5) is 41.3. The molecule has 0 fully saturated rings. The quantitative estimate of drug-likeness (QED) is 0.276. The molecule has 1 aromatic heterocycles. The molecular formula is C28H20N4O6S. The van der Waals surface area contributed by atoms with E-state index >= 15 is 0 Å². The molecule has 194 valence electrons. The minimum absolute atomic E-state index is 0.0597. The van der Waals surface area contributed by atoms with Crippen LogP contribution in [0.25, 0.3) is 11.8 Å². The van der Waals surface area contributed by atoms with Crippen LogP contribution >= 0.6 is 11.3 Å². The average Bonchev–Trinajstić information content (AvgIpc) is 3.25. The Kier molecular flexibility index (Phi) is 5.92. The highest BCUT2D eigenvalue weighted by atomic mass is 32.1. The monoisotopic (exact) mass is 540 g/mol. The molecule has 1 atom stereocenters. The van der Waals surface area contributed by atoms with Crippen LogP contribution in [0.4, 0.5) is 11.4 Å². The molecule has 39 heavy (non-hydrogen) atoms. The minimum atomic E-state index is -0.572. The van der Waals surface area contributed by atoms with Crippen LogP contribution in [-0.4, -0.2) is 21.5 Å². The Hall–Kier alpha value is -4.90. The van der Waals surface area contributed by atoms with Crippen molar-refractivity contribution in [3.63, 3.8) is 0 Å². The fraction of sp³-hybridized carbons (Fsp3) is 0.143. The first-order chi connectivity index (χ1) is 18.9. The summed E-state index contributed by atoms with van der Waals surface area (Å²) in [7, 11) is 1.36. The van der Waals surface area contributed by atoms with E-state index in [1.807, 2.05) is 18.2 Å². The first kappa shape index (κ1) is 24.4. The van der Waals surface area contributed by atoms with Crippen molar-refractivity contribution in [1.29, 1.82) is 0 Å². The van der Waals surface area contributed by atoms with E-state index in [0.717, 1.165) is 28.8 Å². The van der Waals surface area contributed by atoms with Crippen molar-refractivity contribution < 1.29 is 14.6 Å². The number of thiazole rings is 1. The number of methoxy groups -OCH3 is 1. The number of aryl methyl sites for hydroxylation is 1. The standard InChI is InChI=1S/C28H20N4O6S/c1-38-23-12-9-16(13-22(23)32(36)37)14-24-27(33)30-26(18-6-4-7-19(15-18)31(34)35)21-11-10-17-5-2-3-8-20(17)25(21)29-28(30)39-24/h2-9,12-15,26H,10-11H2,1H3. The normalized spacial score (nSPS) is 16.1. The SMILES string of the molecule is COc1ccc(C=c2sc3n(c2=O)C(c2cccc([N+](=O)[O-])c2)C2=C(N=3)c3ccccc3CC2)cc1[N+](=O)[O-]. The highest BCUT2D eigenvalue weighted by Crippen LogP contribution is 2.41. The molecule has 4 aromatic rings. The van der Waals surface area contributed by atoms with Crippen molar-refractivity contribution in [2.45, 2.75) is 18.9 Å². The summed E-state index contributed by atoms with van der Waals surface area (Å²) in [5.74, 6) is 0.121. The first-order valence-electron chi connectivity index (χ1n) is 12.1. The van der Waals surface area contributed by atoms with E-state index in [1.165, 1.54) is 42.7 Å². The molecule has 11 heteroatoms. The lowest BCUT2D eigenvalue weighted by atomic mass is 9.83. The molecule has 0 saturated carbocycles. The summed E-state index contributed by atoms with van der Waals surface area (Å²) >= 11 is 1.18. The second-order valence-electron chi connectivity index (χ2n) is 9.15. The summed E-state index contributed by atoms with van der Waals surface area (Å²) in [5, 5.41) is 23.1. The Morgan fingerprint density at radius 2 is 1.85 bits per heavy atom. The number of fused-ring (bicyclic) bond motifs is 3. The summed E-state index contributed by atoms with van der Waals surface area (Å²) in [6.07, 6.45) is 3.01. The molecule has 0 N–H and O–H groups in total. The van der Waals surface area contributed by atoms with Gasteiger partial charge in [-0.15, -0.1) is 0 Å². The second kappa shape index (κ2) is 9.44. The van der Waals surface area contributed by atoms with E-state index in [0.29, 0.717) is 26.9 Å². The fourth-order valence-electron chi connectivity index (χ4n) is 5.22. The van der Waals surface area contributed by atoms with Gasteiger partial charge in [0.15, 0.2) is 10.6 Å². The van der Waals surface area contributed by atoms with Gasteiger partial charge in [0, 0.05) is 23.8 Å². The maximum Gasteiger partial charge on any atom is 0.311 e. The smallest absolute Gasteiger partial charge is 0.311 e. The van der Waals surface area contributed by atoms with E-state index in [-0.39, 0.29) is 22.7 Å². The predicted octanol–water partition coefficient (Wildman–Crippen LogP) is 4.14. The number of allylic oxidation sites excluding steroid dienone is 1. The lowest BCUT2D eigenvalue weighted by Crippen LogP contribution is -2.38. The van der Waals surface area contributed by atoms with Gasteiger partial charge in [0.05, 0.1) is 33.2 Å². The van der Waals surface area contributed by atoms with Crippen LogP contribution in [0.2, 0.25) is 0 Å². The van der Waals surface area contributed by atoms with Gasteiger partial charge >= 0.3 is 5.69 Å². The third-order valence-corrected chi connectivity index (χ3v) is 7.95. The second-order valence-corrected chi connectivity index (χ2v) is 10.2. The van der Waals surface area contributed by atoms with E-state index in [4.69, 9.17) is 9.73 Å². The molecule has 1 aliphatic carbocycles. The number of aromatic nitrogens is 1. The Morgan fingerprint density at radius 3 is 2.62 bits per heavy atom. The average molecular weight is 541 g/mol. The molecule has 10 nitrogen and oxygen atoms in total. The van der Waals surface area contributed by atoms with Gasteiger partial charge in [-0.3, -0.25) is 29.6 Å². The van der Waals surface area contributed by atoms with Gasteiger partial charge in [-0.05, 0) is 47.2 Å². The Balaban J connectivity index is 1.60. The van der Waals surface area contributed by atoms with Crippen molar-refractivity contribution in [1.82, 2.24) is 4.57 Å². The maximum absolute atomic E-state index is 13.8. The molecule has 0 saturated heterocycles. The van der Waals surface area contributed by atoms with Crippen LogP contribution in [0.5, 0.6) is 5.75 Å². The van der Waals surface area contributed by atoms with Crippen LogP contribution in [0.3, 0.4) is 0 Å². The number of hydrogen-bond acceptors (Lipinski definition) is 8. The van der Waals surface area contributed by atoms with Gasteiger partial charge in [0.1, 0.15) is 0 Å². The molecule has 0 spiro atoms. The van der Waals surface area contributed by atoms with Crippen molar-refractivity contribution in [2.75, 3.05) is 7.11 Å². The lowest BCUT2D eigenvalue weighted by molar-refractivity contribution is -0.385. The van der Waals surface area contributed by atoms with Crippen molar-refractivity contribution in [2.24, 2.45) is 4.99 Å². The third-order valence-electron chi connectivity index (χ3n) is 6.97. The number of nitrogens with zero attached hydrogens (tertiary/aromatic N) is 4. The number of benzene rings is 3. The zero-order chi connectivity index (χ0) is 27.3. The number of hydrogen-bond donors (Lipinski definition) is 0. The van der Waals surface area contributed by atoms with Gasteiger partial charge in [-0.2, -0.15) is 0 Å². The largest absolute Gasteiger partial charge is 0.490 e. The number of non-ortho nitro benzene ring substituents is 1. The zero-order valence-electron chi connectivity index (χ0n) is 20.6. The minimum Gasteiger partial charge on any atom is -0.490 e. The summed E-state index contributed by atoms with van der Waals surface area (Å²) < 4.78 is 7.01. The maximum atomic E-state index is 13.8. The Bertz CT molecular complexity index is 1910. The molecule has 6 rings (SSSR count). The van der Waals surface area contributed by atoms with Crippen LogP contribution in [0.1, 0.15) is 34.7 Å². The highest BCUT2D eigenvalue weighted by Gasteiger charge is 2.33. The number of ether oxygens (including phenoxy) is 1. The van der Waals surface area contributed by atoms with E-state index in [1.54, 1.807) is 28.8 Å². The number of nitro groups is 2. The van der Waals surface area contributed by atoms with Crippen molar-refractivity contribution in [3.05, 3.63) is 134 Å². The van der Waals surface area contributed by atoms with E-state index < -0.39 is 15.9 Å². The Labute approximate surface area is 224 Å². The molecule has 3 aromatic carbocycles. The number of nitro benzene ring substituents is 2. The van der Waals surface area contributed by atoms with Crippen LogP contribution in [-0.2, 0) is 6.42 Å². The molecule has 1 aliphatic heterocycles. The van der Waals surface area contributed by atoms with Crippen molar-refractivity contribution >= 4 is 34.5 Å². The predicted molar refractivity (Wildman–Crippen MR) is 145 cm³/mol. The van der Waals surface area contributed by atoms with E-state index in [9.17, 15) is 25.0 Å². The van der Waals surface area contributed by atoms with Gasteiger partial charge in [0.2, 0.25) is 0 Å². The summed E-state index contributed by atoms with van der Waals surface area (Å²) in [5.41, 5.74) is 4.34. The molecule has 0 radical (unpaired) electrons. The van der Waals surface area contributed by atoms with Gasteiger partial charge in [-0.25, -0.2) is 4.99 Å². The van der Waals surface area contributed by atoms with Gasteiger partial charge in [0.25, 0.3) is 11.2 Å². The van der Waals surface area contributed by atoms with Gasteiger partial charge in [-0.1, -0.05) is 53.8 Å². The number of rotatable bonds is 5. The van der Waals surface area contributed by atoms with Crippen LogP contribution in [0.15, 0.2) is 82.1 Å². The third kappa shape index (κ3) is 4.12. The van der Waals surface area contributed by atoms with E-state index in [2.05, 4.69) is 6.07 Å². The topological polar surface area (TPSA) is 130 Å². The zero-order valence-corrected chi connectivity index (χ0v) is 21.4. The van der Waals surface area contributed by atoms with Crippen LogP contribution < -0.4 is 19.6 Å². The van der Waals surface area contributed by atoms with Crippen LogP contribution in [0, 0.1) is 20.2 Å². The Morgan fingerprint density at radius 1 is 1.03 bits per heavy atom. The van der Waals surface area contributed by atoms with Crippen molar-refractivity contribution in [3.8, 4) is 5.75 Å². The summed E-state index contributed by atoms with van der Waals surface area (Å²) in [6, 6.07) is 18.2. The molecule has 0 bridgehead atoms. The lowest BCUT2D eigenvalue weighted by Gasteiger charge is -2.30. The highest BCUT2D eigenvalue weighted by molar-refractivity contribution is 7.07.